The van der Waals surface area contributed by atoms with Gasteiger partial charge < -0.3 is 20.7 Å². The van der Waals surface area contributed by atoms with E-state index in [1.54, 1.807) is 11.8 Å². The average molecular weight is 571 g/mol. The highest BCUT2D eigenvalue weighted by Crippen LogP contribution is 2.55. The van der Waals surface area contributed by atoms with E-state index in [-0.39, 0.29) is 24.2 Å². The molecule has 0 aromatic heterocycles. The molecule has 0 spiro atoms. The zero-order valence-electron chi connectivity index (χ0n) is 24.7. The van der Waals surface area contributed by atoms with Crippen LogP contribution in [0.4, 0.5) is 15.3 Å². The molecular formula is C34H42N4O4. The van der Waals surface area contributed by atoms with Crippen LogP contribution >= 0.6 is 0 Å². The Balaban J connectivity index is 1.30. The summed E-state index contributed by atoms with van der Waals surface area (Å²) in [7, 11) is 0. The van der Waals surface area contributed by atoms with Gasteiger partial charge in [-0.3, -0.25) is 4.90 Å². The number of rotatable bonds is 9. The zero-order chi connectivity index (χ0) is 29.3. The first-order chi connectivity index (χ1) is 20.4. The van der Waals surface area contributed by atoms with Gasteiger partial charge in [-0.2, -0.15) is 0 Å². The van der Waals surface area contributed by atoms with Crippen LogP contribution in [0.1, 0.15) is 82.4 Å². The molecule has 8 nitrogen and oxygen atoms in total. The second-order valence-electron chi connectivity index (χ2n) is 12.6. The molecule has 4 bridgehead atoms. The highest BCUT2D eigenvalue weighted by Gasteiger charge is 2.51. The summed E-state index contributed by atoms with van der Waals surface area (Å²) in [5, 5.41) is 9.48. The summed E-state index contributed by atoms with van der Waals surface area (Å²) in [6.07, 6.45) is 8.87. The van der Waals surface area contributed by atoms with Gasteiger partial charge in [-0.25, -0.2) is 14.4 Å². The molecule has 4 amide bonds. The van der Waals surface area contributed by atoms with Gasteiger partial charge in [-0.1, -0.05) is 55.8 Å². The van der Waals surface area contributed by atoms with E-state index in [9.17, 15) is 14.4 Å². The van der Waals surface area contributed by atoms with Crippen LogP contribution in [0.2, 0.25) is 0 Å². The van der Waals surface area contributed by atoms with Gasteiger partial charge in [0.15, 0.2) is 0 Å². The summed E-state index contributed by atoms with van der Waals surface area (Å²) >= 11 is 0. The Morgan fingerprint density at radius 1 is 0.976 bits per heavy atom. The first-order valence-electron chi connectivity index (χ1n) is 15.6. The van der Waals surface area contributed by atoms with Crippen molar-refractivity contribution in [3.8, 4) is 0 Å². The summed E-state index contributed by atoms with van der Waals surface area (Å²) in [6.45, 7) is 4.54. The predicted molar refractivity (Wildman–Crippen MR) is 162 cm³/mol. The van der Waals surface area contributed by atoms with Crippen molar-refractivity contribution in [3.05, 3.63) is 71.3 Å². The standard InChI is InChI=1S/C34H42N4O4/c1-3-5-14-38-30(25-10-7-6-8-11-25)28(31(39)42-4-2)29(36-33(38)41)26-12-9-13-27(18-26)35-32(40)37-34-19-22-15-23(20-34)17-24(16-22)21-34/h6-13,18,22-24,29H,3-5,14-17,19-21H2,1-2H3,(H,36,41)(H2,35,37,40)/t22?,23?,24?,29-,34?/m0/s1. The number of nitrogens with one attached hydrogen (secondary N) is 3. The Hall–Kier alpha value is -3.81. The molecule has 42 heavy (non-hydrogen) atoms. The van der Waals surface area contributed by atoms with E-state index >= 15 is 0 Å². The summed E-state index contributed by atoms with van der Waals surface area (Å²) in [6, 6.07) is 15.7. The van der Waals surface area contributed by atoms with Gasteiger partial charge in [0.2, 0.25) is 0 Å². The molecule has 8 heteroatoms. The van der Waals surface area contributed by atoms with Crippen LogP contribution in [0.25, 0.3) is 5.70 Å². The van der Waals surface area contributed by atoms with Crippen LogP contribution in [-0.4, -0.2) is 41.6 Å². The smallest absolute Gasteiger partial charge is 0.338 e. The Morgan fingerprint density at radius 2 is 1.67 bits per heavy atom. The van der Waals surface area contributed by atoms with Crippen LogP contribution in [0.15, 0.2) is 60.2 Å². The third-order valence-electron chi connectivity index (χ3n) is 9.50. The number of amides is 4. The van der Waals surface area contributed by atoms with E-state index in [0.717, 1.165) is 55.4 Å². The van der Waals surface area contributed by atoms with E-state index in [4.69, 9.17) is 4.74 Å². The number of hydrogen-bond donors (Lipinski definition) is 3. The lowest BCUT2D eigenvalue weighted by atomic mass is 9.53. The van der Waals surface area contributed by atoms with Gasteiger partial charge in [0.25, 0.3) is 0 Å². The topological polar surface area (TPSA) is 99.8 Å². The molecule has 1 aliphatic heterocycles. The van der Waals surface area contributed by atoms with Crippen molar-refractivity contribution in [2.75, 3.05) is 18.5 Å². The van der Waals surface area contributed by atoms with Crippen molar-refractivity contribution in [1.29, 1.82) is 0 Å². The molecular weight excluding hydrogens is 528 g/mol. The van der Waals surface area contributed by atoms with Crippen LogP contribution < -0.4 is 16.0 Å². The fourth-order valence-electron chi connectivity index (χ4n) is 8.23. The maximum atomic E-state index is 13.6. The van der Waals surface area contributed by atoms with Crippen molar-refractivity contribution >= 4 is 29.4 Å². The highest BCUT2D eigenvalue weighted by atomic mass is 16.5. The maximum absolute atomic E-state index is 13.6. The second-order valence-corrected chi connectivity index (χ2v) is 12.6. The third kappa shape index (κ3) is 5.63. The molecule has 7 rings (SSSR count). The number of nitrogens with zero attached hydrogens (tertiary/aromatic N) is 1. The number of ether oxygens (including phenoxy) is 1. The van der Waals surface area contributed by atoms with E-state index < -0.39 is 12.0 Å². The van der Waals surface area contributed by atoms with Crippen molar-refractivity contribution in [3.63, 3.8) is 0 Å². The molecule has 1 heterocycles. The highest BCUT2D eigenvalue weighted by molar-refractivity contribution is 6.04. The summed E-state index contributed by atoms with van der Waals surface area (Å²) in [5.41, 5.74) is 2.94. The van der Waals surface area contributed by atoms with Crippen LogP contribution in [0.3, 0.4) is 0 Å². The lowest BCUT2D eigenvalue weighted by Gasteiger charge is -2.56. The van der Waals surface area contributed by atoms with Gasteiger partial charge in [0.05, 0.1) is 23.9 Å². The Labute approximate surface area is 248 Å². The number of benzene rings is 2. The molecule has 2 aromatic carbocycles. The van der Waals surface area contributed by atoms with E-state index in [1.807, 2.05) is 54.6 Å². The van der Waals surface area contributed by atoms with Crippen LogP contribution in [0.5, 0.6) is 0 Å². The van der Waals surface area contributed by atoms with Crippen molar-refractivity contribution in [2.24, 2.45) is 17.8 Å². The molecule has 4 aliphatic carbocycles. The number of unbranched alkanes of at least 4 members (excludes halogenated alkanes) is 1. The van der Waals surface area contributed by atoms with Gasteiger partial charge in [-0.15, -0.1) is 0 Å². The van der Waals surface area contributed by atoms with Crippen molar-refractivity contribution in [1.82, 2.24) is 15.5 Å². The minimum atomic E-state index is -0.738. The maximum Gasteiger partial charge on any atom is 0.338 e. The molecule has 0 saturated heterocycles. The fourth-order valence-corrected chi connectivity index (χ4v) is 8.23. The first-order valence-corrected chi connectivity index (χ1v) is 15.6. The van der Waals surface area contributed by atoms with Gasteiger partial charge >= 0.3 is 18.0 Å². The number of hydrogen-bond acceptors (Lipinski definition) is 4. The van der Waals surface area contributed by atoms with Gasteiger partial charge in [-0.05, 0) is 92.9 Å². The molecule has 0 unspecified atom stereocenters. The molecule has 4 fully saturated rings. The summed E-state index contributed by atoms with van der Waals surface area (Å²) in [4.78, 5) is 42.1. The molecule has 0 radical (unpaired) electrons. The molecule has 222 valence electrons. The number of esters is 1. The number of anilines is 1. The minimum Gasteiger partial charge on any atom is -0.463 e. The normalized spacial score (nSPS) is 28.0. The molecule has 2 aromatic rings. The summed E-state index contributed by atoms with van der Waals surface area (Å²) < 4.78 is 5.55. The van der Waals surface area contributed by atoms with Crippen LogP contribution in [0, 0.1) is 17.8 Å². The van der Waals surface area contributed by atoms with E-state index in [1.165, 1.54) is 19.3 Å². The van der Waals surface area contributed by atoms with Crippen LogP contribution in [-0.2, 0) is 9.53 Å². The van der Waals surface area contributed by atoms with Crippen molar-refractivity contribution < 1.29 is 19.1 Å². The van der Waals surface area contributed by atoms with Crippen molar-refractivity contribution in [2.45, 2.75) is 76.8 Å². The fraction of sp³-hybridized carbons (Fsp3) is 0.500. The van der Waals surface area contributed by atoms with Gasteiger partial charge in [0.1, 0.15) is 0 Å². The second kappa shape index (κ2) is 11.8. The lowest BCUT2D eigenvalue weighted by molar-refractivity contribution is -0.138. The molecule has 1 atom stereocenters. The Bertz CT molecular complexity index is 1340. The molecule has 5 aliphatic rings. The molecule has 3 N–H and O–H groups in total. The SMILES string of the molecule is CCCCN1C(=O)N[C@@H](c2cccc(NC(=O)NC34CC5CC(CC(C5)C3)C4)c2)C(C(=O)OCC)=C1c1ccccc1. The first kappa shape index (κ1) is 28.3. The van der Waals surface area contributed by atoms with E-state index in [0.29, 0.717) is 29.1 Å². The monoisotopic (exact) mass is 570 g/mol. The number of carbonyl (C=O) groups excluding carboxylic acids is 3. The minimum absolute atomic E-state index is 0.0971. The molecule has 4 saturated carbocycles. The van der Waals surface area contributed by atoms with E-state index in [2.05, 4.69) is 22.9 Å². The number of urea groups is 2. The number of carbonyl (C=O) groups is 3. The lowest BCUT2D eigenvalue weighted by Crippen LogP contribution is -2.60. The third-order valence-corrected chi connectivity index (χ3v) is 9.50. The zero-order valence-corrected chi connectivity index (χ0v) is 24.7. The quantitative estimate of drug-likeness (QED) is 0.295. The van der Waals surface area contributed by atoms with Gasteiger partial charge in [0, 0.05) is 17.8 Å². The summed E-state index contributed by atoms with van der Waals surface area (Å²) in [5.74, 6) is 1.73. The predicted octanol–water partition coefficient (Wildman–Crippen LogP) is 6.62. The largest absolute Gasteiger partial charge is 0.463 e. The average Bonchev–Trinajstić information content (AvgIpc) is 2.95. The Kier molecular flexibility index (Phi) is 7.97. The Morgan fingerprint density at radius 3 is 2.31 bits per heavy atom.